The second-order valence-corrected chi connectivity index (χ2v) is 3.17. The van der Waals surface area contributed by atoms with Crippen LogP contribution in [0.1, 0.15) is 12.5 Å². The quantitative estimate of drug-likeness (QED) is 0.754. The van der Waals surface area contributed by atoms with Gasteiger partial charge < -0.3 is 15.6 Å². The predicted molar refractivity (Wildman–Crippen MR) is 52.1 cm³/mol. The summed E-state index contributed by atoms with van der Waals surface area (Å²) in [6, 6.07) is 4.76. The van der Waals surface area contributed by atoms with Gasteiger partial charge >= 0.3 is 0 Å². The topological polar surface area (TPSA) is 72.6 Å². The molecule has 0 aliphatic heterocycles. The summed E-state index contributed by atoms with van der Waals surface area (Å²) in [5.41, 5.74) is 5.89. The number of carbonyl (C=O) groups is 1. The maximum absolute atomic E-state index is 10.7. The normalized spacial score (nSPS) is 12.1. The average Bonchev–Trinajstić information content (AvgIpc) is 2.01. The number of aryl methyl sites for hydroxylation is 1. The first-order valence-corrected chi connectivity index (χ1v) is 4.25. The highest BCUT2D eigenvalue weighted by Gasteiger charge is 2.10. The van der Waals surface area contributed by atoms with Crippen LogP contribution in [0.15, 0.2) is 18.2 Å². The van der Waals surface area contributed by atoms with Crippen LogP contribution in [0.2, 0.25) is 0 Å². The zero-order chi connectivity index (χ0) is 10.7. The molecule has 0 radical (unpaired) electrons. The number of benzene rings is 1. The monoisotopic (exact) mass is 195 g/mol. The van der Waals surface area contributed by atoms with Crippen LogP contribution in [0.4, 0.5) is 0 Å². The average molecular weight is 195 g/mol. The van der Waals surface area contributed by atoms with Gasteiger partial charge in [-0.1, -0.05) is 0 Å². The molecular weight excluding hydrogens is 182 g/mol. The second-order valence-electron chi connectivity index (χ2n) is 3.17. The zero-order valence-electron chi connectivity index (χ0n) is 8.15. The maximum Gasteiger partial charge on any atom is 0.258 e. The molecule has 0 heterocycles. The van der Waals surface area contributed by atoms with E-state index in [1.54, 1.807) is 19.1 Å². The van der Waals surface area contributed by atoms with Crippen molar-refractivity contribution in [1.29, 1.82) is 0 Å². The van der Waals surface area contributed by atoms with Gasteiger partial charge in [0.15, 0.2) is 6.10 Å². The lowest BCUT2D eigenvalue weighted by molar-refractivity contribution is -0.123. The van der Waals surface area contributed by atoms with E-state index in [-0.39, 0.29) is 5.75 Å². The van der Waals surface area contributed by atoms with Gasteiger partial charge in [0.1, 0.15) is 11.5 Å². The SMILES string of the molecule is Cc1cc(O)cc(OC(C)C(N)=O)c1. The Balaban J connectivity index is 2.81. The van der Waals surface area contributed by atoms with Gasteiger partial charge in [-0.05, 0) is 31.5 Å². The van der Waals surface area contributed by atoms with Crippen molar-refractivity contribution in [3.05, 3.63) is 23.8 Å². The minimum Gasteiger partial charge on any atom is -0.508 e. The number of carbonyl (C=O) groups excluding carboxylic acids is 1. The molecule has 4 nitrogen and oxygen atoms in total. The minimum absolute atomic E-state index is 0.108. The van der Waals surface area contributed by atoms with Gasteiger partial charge in [-0.15, -0.1) is 0 Å². The van der Waals surface area contributed by atoms with Gasteiger partial charge in [-0.3, -0.25) is 4.79 Å². The molecule has 1 unspecified atom stereocenters. The third kappa shape index (κ3) is 2.65. The standard InChI is InChI=1S/C10H13NO3/c1-6-3-8(12)5-9(4-6)14-7(2)10(11)13/h3-5,7,12H,1-2H3,(H2,11,13). The predicted octanol–water partition coefficient (Wildman–Crippen LogP) is 0.953. The van der Waals surface area contributed by atoms with E-state index in [1.165, 1.54) is 6.07 Å². The van der Waals surface area contributed by atoms with E-state index in [9.17, 15) is 9.90 Å². The fraction of sp³-hybridized carbons (Fsp3) is 0.300. The molecule has 3 N–H and O–H groups in total. The van der Waals surface area contributed by atoms with Gasteiger partial charge in [-0.2, -0.15) is 0 Å². The van der Waals surface area contributed by atoms with Crippen LogP contribution >= 0.6 is 0 Å². The van der Waals surface area contributed by atoms with Crippen molar-refractivity contribution in [2.45, 2.75) is 20.0 Å². The lowest BCUT2D eigenvalue weighted by atomic mass is 10.2. The molecule has 0 saturated heterocycles. The van der Waals surface area contributed by atoms with E-state index in [1.807, 2.05) is 6.92 Å². The van der Waals surface area contributed by atoms with E-state index in [4.69, 9.17) is 10.5 Å². The lowest BCUT2D eigenvalue weighted by Gasteiger charge is -2.11. The number of aromatic hydroxyl groups is 1. The van der Waals surface area contributed by atoms with Crippen molar-refractivity contribution < 1.29 is 14.6 Å². The van der Waals surface area contributed by atoms with E-state index in [0.29, 0.717) is 5.75 Å². The van der Waals surface area contributed by atoms with Crippen molar-refractivity contribution in [2.24, 2.45) is 5.73 Å². The Morgan fingerprint density at radius 3 is 2.64 bits per heavy atom. The lowest BCUT2D eigenvalue weighted by Crippen LogP contribution is -2.30. The number of primary amides is 1. The summed E-state index contributed by atoms with van der Waals surface area (Å²) in [5, 5.41) is 9.25. The summed E-state index contributed by atoms with van der Waals surface area (Å²) in [6.07, 6.45) is -0.698. The van der Waals surface area contributed by atoms with Crippen LogP contribution in [0.5, 0.6) is 11.5 Å². The Kier molecular flexibility index (Phi) is 2.96. The molecule has 1 aromatic carbocycles. The number of phenols is 1. The number of amides is 1. The molecule has 0 aromatic heterocycles. The van der Waals surface area contributed by atoms with E-state index >= 15 is 0 Å². The summed E-state index contributed by atoms with van der Waals surface area (Å²) in [4.78, 5) is 10.7. The molecular formula is C10H13NO3. The van der Waals surface area contributed by atoms with E-state index in [2.05, 4.69) is 0 Å². The maximum atomic E-state index is 10.7. The second kappa shape index (κ2) is 4.00. The number of rotatable bonds is 3. The first-order chi connectivity index (χ1) is 6.49. The van der Waals surface area contributed by atoms with Crippen LogP contribution in [0.25, 0.3) is 0 Å². The molecule has 1 aromatic rings. The molecule has 0 aliphatic rings. The molecule has 1 amide bonds. The van der Waals surface area contributed by atoms with Gasteiger partial charge in [0.05, 0.1) is 0 Å². The van der Waals surface area contributed by atoms with Crippen LogP contribution in [-0.4, -0.2) is 17.1 Å². The third-order valence-electron chi connectivity index (χ3n) is 1.75. The van der Waals surface area contributed by atoms with Crippen LogP contribution in [-0.2, 0) is 4.79 Å². The van der Waals surface area contributed by atoms with Crippen LogP contribution in [0, 0.1) is 6.92 Å². The smallest absolute Gasteiger partial charge is 0.258 e. The minimum atomic E-state index is -0.698. The number of hydrogen-bond acceptors (Lipinski definition) is 3. The Morgan fingerprint density at radius 2 is 2.14 bits per heavy atom. The van der Waals surface area contributed by atoms with Gasteiger partial charge in [0.2, 0.25) is 0 Å². The van der Waals surface area contributed by atoms with Crippen molar-refractivity contribution in [2.75, 3.05) is 0 Å². The summed E-state index contributed by atoms with van der Waals surface area (Å²) >= 11 is 0. The molecule has 1 rings (SSSR count). The molecule has 0 saturated carbocycles. The largest absolute Gasteiger partial charge is 0.508 e. The fourth-order valence-corrected chi connectivity index (χ4v) is 1.06. The molecule has 0 aliphatic carbocycles. The van der Waals surface area contributed by atoms with Gasteiger partial charge in [-0.25, -0.2) is 0 Å². The molecule has 1 atom stereocenters. The Morgan fingerprint density at radius 1 is 1.50 bits per heavy atom. The highest BCUT2D eigenvalue weighted by Crippen LogP contribution is 2.21. The zero-order valence-corrected chi connectivity index (χ0v) is 8.15. The van der Waals surface area contributed by atoms with Crippen LogP contribution in [0.3, 0.4) is 0 Å². The van der Waals surface area contributed by atoms with E-state index < -0.39 is 12.0 Å². The Labute approximate surface area is 82.3 Å². The fourth-order valence-electron chi connectivity index (χ4n) is 1.06. The molecule has 0 spiro atoms. The van der Waals surface area contributed by atoms with Crippen molar-refractivity contribution >= 4 is 5.91 Å². The van der Waals surface area contributed by atoms with Crippen molar-refractivity contribution in [3.63, 3.8) is 0 Å². The molecule has 4 heteroatoms. The number of hydrogen-bond donors (Lipinski definition) is 2. The Hall–Kier alpha value is -1.71. The summed E-state index contributed by atoms with van der Waals surface area (Å²) < 4.78 is 5.20. The number of ether oxygens (including phenoxy) is 1. The molecule has 76 valence electrons. The highest BCUT2D eigenvalue weighted by molar-refractivity contribution is 5.78. The summed E-state index contributed by atoms with van der Waals surface area (Å²) in [7, 11) is 0. The summed E-state index contributed by atoms with van der Waals surface area (Å²) in [6.45, 7) is 3.38. The summed E-state index contributed by atoms with van der Waals surface area (Å²) in [5.74, 6) is 0.0106. The first-order valence-electron chi connectivity index (χ1n) is 4.25. The Bertz CT molecular complexity index is 329. The number of phenolic OH excluding ortho intramolecular Hbond substituents is 1. The molecule has 14 heavy (non-hydrogen) atoms. The van der Waals surface area contributed by atoms with Gasteiger partial charge in [0, 0.05) is 6.07 Å². The highest BCUT2D eigenvalue weighted by atomic mass is 16.5. The van der Waals surface area contributed by atoms with Gasteiger partial charge in [0.25, 0.3) is 5.91 Å². The molecule has 0 bridgehead atoms. The first kappa shape index (κ1) is 10.4. The third-order valence-corrected chi connectivity index (χ3v) is 1.75. The van der Waals surface area contributed by atoms with Crippen molar-refractivity contribution in [3.8, 4) is 11.5 Å². The number of nitrogens with two attached hydrogens (primary N) is 1. The van der Waals surface area contributed by atoms with Crippen LogP contribution < -0.4 is 10.5 Å². The van der Waals surface area contributed by atoms with Crippen molar-refractivity contribution in [1.82, 2.24) is 0 Å². The van der Waals surface area contributed by atoms with E-state index in [0.717, 1.165) is 5.56 Å². The molecule has 0 fully saturated rings.